The first-order valence-corrected chi connectivity index (χ1v) is 42.7. The molecule has 0 unspecified atom stereocenters. The maximum Gasteiger partial charge on any atom is 0.256 e. The van der Waals surface area contributed by atoms with Crippen LogP contribution in [0.15, 0.2) is 387 Å². The monoisotopic (exact) mass is 1570 g/mol. The summed E-state index contributed by atoms with van der Waals surface area (Å²) in [7, 11) is 0. The Kier molecular flexibility index (Phi) is 20.6. The summed E-state index contributed by atoms with van der Waals surface area (Å²) in [5.74, 6) is 1.90. The Bertz CT molecular complexity index is 6710. The van der Waals surface area contributed by atoms with Crippen molar-refractivity contribution in [3.63, 3.8) is 0 Å². The third-order valence-corrected chi connectivity index (χ3v) is 24.7. The third kappa shape index (κ3) is 15.0. The summed E-state index contributed by atoms with van der Waals surface area (Å²) in [5.41, 5.74) is 30.6. The smallest absolute Gasteiger partial charge is 0.256 e. The average Bonchev–Trinajstić information content (AvgIpc) is 0.973. The summed E-state index contributed by atoms with van der Waals surface area (Å²) in [6.45, 7) is 27.2. The van der Waals surface area contributed by atoms with Gasteiger partial charge in [0, 0.05) is 71.5 Å². The molecule has 18 aromatic rings. The van der Waals surface area contributed by atoms with E-state index in [4.69, 9.17) is 9.15 Å². The molecule has 3 aliphatic rings. The van der Waals surface area contributed by atoms with Crippen molar-refractivity contribution in [2.45, 2.75) is 105 Å². The van der Waals surface area contributed by atoms with E-state index in [1.54, 1.807) is 0 Å². The first-order valence-electron chi connectivity index (χ1n) is 41.9. The second-order valence-electron chi connectivity index (χ2n) is 35.6. The van der Waals surface area contributed by atoms with E-state index in [1.165, 1.54) is 132 Å². The van der Waals surface area contributed by atoms with E-state index < -0.39 is 0 Å². The van der Waals surface area contributed by atoms with E-state index >= 15 is 0 Å². The van der Waals surface area contributed by atoms with E-state index in [2.05, 4.69) is 454 Å². The number of fused-ring (bicyclic) bond motifs is 17. The summed E-state index contributed by atoms with van der Waals surface area (Å²) >= 11 is 1.84. The zero-order valence-electron chi connectivity index (χ0n) is 70.5. The van der Waals surface area contributed by atoms with E-state index in [1.807, 2.05) is 41.7 Å². The van der Waals surface area contributed by atoms with Gasteiger partial charge >= 0.3 is 0 Å². The van der Waals surface area contributed by atoms with Crippen LogP contribution in [0.4, 0.5) is 34.1 Å². The van der Waals surface area contributed by atoms with E-state index in [9.17, 15) is 0 Å². The van der Waals surface area contributed by atoms with Crippen molar-refractivity contribution < 1.29 is 9.15 Å². The van der Waals surface area contributed by atoms with Crippen molar-refractivity contribution in [3.05, 3.63) is 404 Å². The second kappa shape index (κ2) is 31.8. The third-order valence-electron chi connectivity index (χ3n) is 23.6. The molecule has 0 radical (unpaired) electrons. The van der Waals surface area contributed by atoms with Gasteiger partial charge in [-0.2, -0.15) is 0 Å². The van der Waals surface area contributed by atoms with Gasteiger partial charge in [-0.05, 0) is 205 Å². The van der Waals surface area contributed by atoms with Gasteiger partial charge in [0.05, 0.1) is 38.1 Å². The van der Waals surface area contributed by atoms with Gasteiger partial charge in [0.2, 0.25) is 0 Å². The minimum absolute atomic E-state index is 0.118. The van der Waals surface area contributed by atoms with Gasteiger partial charge < -0.3 is 28.1 Å². The summed E-state index contributed by atoms with van der Waals surface area (Å²) in [5, 5.41) is 4.79. The predicted octanol–water partition coefficient (Wildman–Crippen LogP) is 29.9. The molecule has 21 rings (SSSR count). The van der Waals surface area contributed by atoms with Gasteiger partial charge in [-0.15, -0.1) is 11.3 Å². The highest BCUT2D eigenvalue weighted by Gasteiger charge is 2.41. The first kappa shape index (κ1) is 77.8. The molecule has 0 saturated heterocycles. The molecule has 2 aromatic heterocycles. The number of nitrogens with zero attached hydrogens (tertiary/aromatic N) is 4. The van der Waals surface area contributed by atoms with Crippen molar-refractivity contribution >= 4 is 133 Å². The Morgan fingerprint density at radius 2 is 0.592 bits per heavy atom. The molecule has 120 heavy (non-hydrogen) atoms. The molecule has 16 aromatic carbocycles. The molecule has 8 heteroatoms. The molecular weight excluding hydrogens is 1480 g/mol. The van der Waals surface area contributed by atoms with Crippen LogP contribution in [0.5, 0.6) is 11.5 Å². The van der Waals surface area contributed by atoms with E-state index in [0.29, 0.717) is 0 Å². The zero-order chi connectivity index (χ0) is 82.6. The van der Waals surface area contributed by atoms with Crippen LogP contribution >= 0.6 is 11.3 Å². The lowest BCUT2D eigenvalue weighted by Crippen LogP contribution is -2.59. The fourth-order valence-corrected chi connectivity index (χ4v) is 18.4. The van der Waals surface area contributed by atoms with E-state index in [0.717, 1.165) is 50.2 Å². The number of benzene rings is 16. The molecule has 0 saturated carbocycles. The van der Waals surface area contributed by atoms with Crippen LogP contribution in [-0.2, 0) is 21.7 Å². The lowest BCUT2D eigenvalue weighted by atomic mass is 9.34. The van der Waals surface area contributed by atoms with Gasteiger partial charge in [0.15, 0.2) is 5.58 Å². The molecule has 0 fully saturated rings. The zero-order valence-corrected chi connectivity index (χ0v) is 71.3. The van der Waals surface area contributed by atoms with Crippen molar-refractivity contribution in [2.75, 3.05) is 9.80 Å². The quantitative estimate of drug-likeness (QED) is 0.165. The van der Waals surface area contributed by atoms with Gasteiger partial charge in [0.25, 0.3) is 6.71 Å². The number of rotatable bonds is 4. The maximum atomic E-state index is 6.43. The Balaban J connectivity index is 0.000000110. The SMILES string of the molecule is CC(C)(C)c1ccc(-n2c3ccccc3oc3ccccc3c3ccccc32)cc1.CC(C)(C)c1ccc(-n2c3ccccc3sc3ccccc3c3ccccc32)cc1.CC(C)(C)c1ccc(N2c3ccccc3-c3ccccc3-c3ccccc32)cc1.CC(C)(C)c1ccc(N2c3ccccc3B3c4ccccc4Oc4cccc2c43)cc1. The fourth-order valence-electron chi connectivity index (χ4n) is 17.3. The number of aromatic nitrogens is 2. The molecule has 3 aliphatic heterocycles. The highest BCUT2D eigenvalue weighted by Crippen LogP contribution is 2.51. The van der Waals surface area contributed by atoms with Crippen LogP contribution < -0.4 is 30.9 Å². The summed E-state index contributed by atoms with van der Waals surface area (Å²) in [6, 6.07) is 137. The molecule has 588 valence electrons. The van der Waals surface area contributed by atoms with Crippen LogP contribution in [0.1, 0.15) is 105 Å². The predicted molar refractivity (Wildman–Crippen MR) is 515 cm³/mol. The molecule has 0 aliphatic carbocycles. The average molecular weight is 1580 g/mol. The highest BCUT2D eigenvalue weighted by atomic mass is 32.1. The number of hydrogen-bond donors (Lipinski definition) is 0. The van der Waals surface area contributed by atoms with Crippen molar-refractivity contribution in [1.82, 2.24) is 9.13 Å². The van der Waals surface area contributed by atoms with Crippen molar-refractivity contribution in [2.24, 2.45) is 0 Å². The summed E-state index contributed by atoms with van der Waals surface area (Å²) < 4.78 is 20.0. The number of hydrogen-bond acceptors (Lipinski definition) is 5. The van der Waals surface area contributed by atoms with E-state index in [-0.39, 0.29) is 28.4 Å². The number of anilines is 6. The first-order chi connectivity index (χ1) is 58.1. The Hall–Kier alpha value is -13.4. The second-order valence-corrected chi connectivity index (χ2v) is 36.7. The Morgan fingerprint density at radius 3 is 1.12 bits per heavy atom. The molecular formula is C112H99BN4O2S. The summed E-state index contributed by atoms with van der Waals surface area (Å²) in [6.07, 6.45) is 0. The summed E-state index contributed by atoms with van der Waals surface area (Å²) in [4.78, 5) is 4.78. The van der Waals surface area contributed by atoms with Gasteiger partial charge in [-0.1, -0.05) is 332 Å². The molecule has 6 nitrogen and oxygen atoms in total. The fraction of sp³-hybridized carbons (Fsp3) is 0.143. The van der Waals surface area contributed by atoms with Crippen LogP contribution in [0.2, 0.25) is 0 Å². The Morgan fingerprint density at radius 1 is 0.242 bits per heavy atom. The van der Waals surface area contributed by atoms with Gasteiger partial charge in [-0.25, -0.2) is 0 Å². The van der Waals surface area contributed by atoms with Crippen LogP contribution in [-0.4, -0.2) is 15.8 Å². The van der Waals surface area contributed by atoms with Gasteiger partial charge in [0.1, 0.15) is 17.1 Å². The Labute approximate surface area is 710 Å². The van der Waals surface area contributed by atoms with Crippen LogP contribution in [0.25, 0.3) is 97.8 Å². The maximum absolute atomic E-state index is 6.43. The molecule has 5 heterocycles. The number of ether oxygens (including phenoxy) is 1. The van der Waals surface area contributed by atoms with Crippen molar-refractivity contribution in [1.29, 1.82) is 0 Å². The van der Waals surface area contributed by atoms with Crippen LogP contribution in [0.3, 0.4) is 0 Å². The molecule has 0 amide bonds. The molecule has 0 atom stereocenters. The van der Waals surface area contributed by atoms with Gasteiger partial charge in [-0.3, -0.25) is 0 Å². The van der Waals surface area contributed by atoms with Crippen LogP contribution in [0, 0.1) is 0 Å². The number of para-hydroxylation sites is 10. The minimum atomic E-state index is 0.118. The molecule has 0 bridgehead atoms. The topological polar surface area (TPSA) is 38.7 Å². The normalized spacial score (nSPS) is 12.5. The molecule has 0 spiro atoms. The minimum Gasteiger partial charge on any atom is -0.458 e. The standard InChI is InChI=1S/C28H24BNO.C28H25NO.C28H25NS.C28H25N/c1-28(2,3)19-15-17-20(18-16-19)30-23-11-6-4-9-21(23)29-22-10-5-7-13-25(22)31-26-14-8-12-24(30)27(26)29;2*1-28(2,3)20-16-18-21(19-17-20)29-24-12-6-4-10-22(24)23-11-5-8-14-26(23)30-27-15-9-7-13-25(27)29;1-28(2,3)20-16-18-21(19-17-20)29-26-14-8-6-12-24(26)22-10-4-5-11-23(22)25-13-7-9-15-27(25)29/h4-18H,1-3H3;2*4-19H,1-3H3;4-19H,1-3H3. The molecule has 0 N–H and O–H groups in total. The lowest BCUT2D eigenvalue weighted by molar-refractivity contribution is 0.487. The van der Waals surface area contributed by atoms with Crippen molar-refractivity contribution in [3.8, 4) is 45.1 Å². The highest BCUT2D eigenvalue weighted by molar-refractivity contribution is 7.24. The largest absolute Gasteiger partial charge is 0.458 e. The lowest BCUT2D eigenvalue weighted by Gasteiger charge is -2.40.